The first kappa shape index (κ1) is 12.1. The van der Waals surface area contributed by atoms with Gasteiger partial charge in [0.05, 0.1) is 18.8 Å². The summed E-state index contributed by atoms with van der Waals surface area (Å²) < 4.78 is 10.8. The van der Waals surface area contributed by atoms with Crippen molar-refractivity contribution in [2.75, 3.05) is 19.8 Å². The quantitative estimate of drug-likeness (QED) is 0.560. The number of Topliss-reactive ketones (excluding diaryl/α,β-unsaturated/α-hetero) is 1. The van der Waals surface area contributed by atoms with Crippen molar-refractivity contribution in [3.8, 4) is 5.75 Å². The second-order valence-corrected chi connectivity index (χ2v) is 4.18. The molecule has 1 heterocycles. The van der Waals surface area contributed by atoms with E-state index in [4.69, 9.17) is 9.47 Å². The summed E-state index contributed by atoms with van der Waals surface area (Å²) in [5.41, 5.74) is 1.85. The largest absolute Gasteiger partial charge is 0.492 e. The Kier molecular flexibility index (Phi) is 4.15. The van der Waals surface area contributed by atoms with Gasteiger partial charge in [0.1, 0.15) is 5.75 Å². The fourth-order valence-electron chi connectivity index (χ4n) is 1.98. The molecule has 0 radical (unpaired) electrons. The Morgan fingerprint density at radius 3 is 3.12 bits per heavy atom. The van der Waals surface area contributed by atoms with Crippen molar-refractivity contribution in [1.82, 2.24) is 0 Å². The van der Waals surface area contributed by atoms with Crippen LogP contribution in [0.1, 0.15) is 35.7 Å². The molecule has 1 aliphatic heterocycles. The van der Waals surface area contributed by atoms with Crippen LogP contribution in [0.4, 0.5) is 0 Å². The molecule has 0 aliphatic carbocycles. The Labute approximate surface area is 102 Å². The molecular formula is C14H18O3. The van der Waals surface area contributed by atoms with E-state index >= 15 is 0 Å². The number of carbonyl (C=O) groups is 1. The van der Waals surface area contributed by atoms with Crippen molar-refractivity contribution < 1.29 is 14.3 Å². The van der Waals surface area contributed by atoms with Crippen LogP contribution in [-0.4, -0.2) is 25.6 Å². The number of carbonyl (C=O) groups excluding carboxylic acids is 1. The van der Waals surface area contributed by atoms with Gasteiger partial charge in [-0.25, -0.2) is 0 Å². The highest BCUT2D eigenvalue weighted by atomic mass is 16.5. The van der Waals surface area contributed by atoms with E-state index in [1.807, 2.05) is 18.2 Å². The highest BCUT2D eigenvalue weighted by Gasteiger charge is 2.19. The van der Waals surface area contributed by atoms with Gasteiger partial charge in [-0.15, -0.1) is 0 Å². The Bertz CT molecular complexity index is 398. The number of hydrogen-bond donors (Lipinski definition) is 0. The fourth-order valence-corrected chi connectivity index (χ4v) is 1.98. The van der Waals surface area contributed by atoms with Gasteiger partial charge in [0.25, 0.3) is 0 Å². The normalized spacial score (nSPS) is 13.2. The number of para-hydroxylation sites is 1. The van der Waals surface area contributed by atoms with Crippen molar-refractivity contribution >= 4 is 5.78 Å². The molecule has 0 amide bonds. The lowest BCUT2D eigenvalue weighted by Crippen LogP contribution is -2.06. The highest BCUT2D eigenvalue weighted by molar-refractivity contribution is 5.99. The molecule has 0 aromatic heterocycles. The van der Waals surface area contributed by atoms with E-state index < -0.39 is 0 Å². The molecule has 1 aromatic carbocycles. The zero-order valence-corrected chi connectivity index (χ0v) is 10.2. The van der Waals surface area contributed by atoms with Crippen LogP contribution in [0.3, 0.4) is 0 Å². The van der Waals surface area contributed by atoms with Crippen LogP contribution in [-0.2, 0) is 11.2 Å². The van der Waals surface area contributed by atoms with Crippen LogP contribution in [0.15, 0.2) is 18.2 Å². The average Bonchev–Trinajstić information content (AvgIpc) is 2.82. The van der Waals surface area contributed by atoms with Gasteiger partial charge in [-0.2, -0.15) is 0 Å². The molecule has 3 heteroatoms. The zero-order chi connectivity index (χ0) is 12.1. The highest BCUT2D eigenvalue weighted by Crippen LogP contribution is 2.30. The molecule has 0 saturated carbocycles. The SMILES string of the molecule is CCCOCCC(=O)c1cccc2c1OCC2. The van der Waals surface area contributed by atoms with Gasteiger partial charge in [0.2, 0.25) is 0 Å². The van der Waals surface area contributed by atoms with E-state index in [9.17, 15) is 4.79 Å². The Morgan fingerprint density at radius 2 is 2.29 bits per heavy atom. The van der Waals surface area contributed by atoms with Crippen molar-refractivity contribution in [3.63, 3.8) is 0 Å². The lowest BCUT2D eigenvalue weighted by molar-refractivity contribution is 0.0876. The van der Waals surface area contributed by atoms with Crippen LogP contribution < -0.4 is 4.74 Å². The first-order chi connectivity index (χ1) is 8.33. The van der Waals surface area contributed by atoms with Crippen LogP contribution in [0, 0.1) is 0 Å². The topological polar surface area (TPSA) is 35.5 Å². The molecule has 92 valence electrons. The monoisotopic (exact) mass is 234 g/mol. The Balaban J connectivity index is 1.97. The number of hydrogen-bond acceptors (Lipinski definition) is 3. The summed E-state index contributed by atoms with van der Waals surface area (Å²) >= 11 is 0. The minimum absolute atomic E-state index is 0.111. The smallest absolute Gasteiger partial charge is 0.168 e. The standard InChI is InChI=1S/C14H18O3/c1-2-8-16-9-7-13(15)12-5-3-4-11-6-10-17-14(11)12/h3-5H,2,6-10H2,1H3. The third kappa shape index (κ3) is 2.86. The molecule has 0 unspecified atom stereocenters. The van der Waals surface area contributed by atoms with Gasteiger partial charge >= 0.3 is 0 Å². The Hall–Kier alpha value is -1.35. The second kappa shape index (κ2) is 5.82. The first-order valence-electron chi connectivity index (χ1n) is 6.18. The van der Waals surface area contributed by atoms with Crippen molar-refractivity contribution in [3.05, 3.63) is 29.3 Å². The fraction of sp³-hybridized carbons (Fsp3) is 0.500. The second-order valence-electron chi connectivity index (χ2n) is 4.18. The summed E-state index contributed by atoms with van der Waals surface area (Å²) in [7, 11) is 0. The van der Waals surface area contributed by atoms with Crippen LogP contribution in [0.5, 0.6) is 5.75 Å². The van der Waals surface area contributed by atoms with Gasteiger partial charge in [-0.3, -0.25) is 4.79 Å². The van der Waals surface area contributed by atoms with E-state index in [-0.39, 0.29) is 5.78 Å². The molecule has 3 nitrogen and oxygen atoms in total. The van der Waals surface area contributed by atoms with Gasteiger partial charge < -0.3 is 9.47 Å². The van der Waals surface area contributed by atoms with Gasteiger partial charge in [0.15, 0.2) is 5.78 Å². The average molecular weight is 234 g/mol. The van der Waals surface area contributed by atoms with E-state index in [2.05, 4.69) is 6.92 Å². The van der Waals surface area contributed by atoms with E-state index in [0.717, 1.165) is 30.8 Å². The van der Waals surface area contributed by atoms with Crippen molar-refractivity contribution in [1.29, 1.82) is 0 Å². The number of fused-ring (bicyclic) bond motifs is 1. The summed E-state index contributed by atoms with van der Waals surface area (Å²) in [6, 6.07) is 5.78. The van der Waals surface area contributed by atoms with Crippen molar-refractivity contribution in [2.24, 2.45) is 0 Å². The van der Waals surface area contributed by atoms with E-state index in [1.54, 1.807) is 0 Å². The molecule has 17 heavy (non-hydrogen) atoms. The lowest BCUT2D eigenvalue weighted by Gasteiger charge is -2.07. The maximum Gasteiger partial charge on any atom is 0.168 e. The van der Waals surface area contributed by atoms with Gasteiger partial charge in [-0.1, -0.05) is 19.1 Å². The first-order valence-corrected chi connectivity index (χ1v) is 6.18. The number of benzene rings is 1. The van der Waals surface area contributed by atoms with Gasteiger partial charge in [0, 0.05) is 19.4 Å². The molecule has 0 N–H and O–H groups in total. The summed E-state index contributed by atoms with van der Waals surface area (Å²) in [6.07, 6.45) is 2.32. The van der Waals surface area contributed by atoms with E-state index in [1.165, 1.54) is 0 Å². The van der Waals surface area contributed by atoms with Crippen LogP contribution >= 0.6 is 0 Å². The maximum atomic E-state index is 12.0. The molecule has 1 aliphatic rings. The summed E-state index contributed by atoms with van der Waals surface area (Å²) in [5.74, 6) is 0.896. The zero-order valence-electron chi connectivity index (χ0n) is 10.2. The number of ketones is 1. The van der Waals surface area contributed by atoms with Crippen molar-refractivity contribution in [2.45, 2.75) is 26.2 Å². The molecular weight excluding hydrogens is 216 g/mol. The molecule has 0 fully saturated rings. The third-order valence-electron chi connectivity index (χ3n) is 2.84. The molecule has 2 rings (SSSR count). The third-order valence-corrected chi connectivity index (χ3v) is 2.84. The Morgan fingerprint density at radius 1 is 1.41 bits per heavy atom. The number of rotatable bonds is 6. The predicted octanol–water partition coefficient (Wildman–Crippen LogP) is 2.62. The van der Waals surface area contributed by atoms with Gasteiger partial charge in [-0.05, 0) is 18.1 Å². The molecule has 0 bridgehead atoms. The minimum atomic E-state index is 0.111. The maximum absolute atomic E-state index is 12.0. The minimum Gasteiger partial charge on any atom is -0.492 e. The molecule has 0 atom stereocenters. The molecule has 0 spiro atoms. The molecule has 1 aromatic rings. The van der Waals surface area contributed by atoms with E-state index in [0.29, 0.717) is 25.2 Å². The summed E-state index contributed by atoms with van der Waals surface area (Å²) in [4.78, 5) is 12.0. The van der Waals surface area contributed by atoms with Crippen LogP contribution in [0.2, 0.25) is 0 Å². The summed E-state index contributed by atoms with van der Waals surface area (Å²) in [5, 5.41) is 0. The molecule has 0 saturated heterocycles. The lowest BCUT2D eigenvalue weighted by atomic mass is 10.0. The summed E-state index contributed by atoms with van der Waals surface area (Å²) in [6.45, 7) is 3.96. The number of ether oxygens (including phenoxy) is 2. The van der Waals surface area contributed by atoms with Crippen LogP contribution in [0.25, 0.3) is 0 Å². The predicted molar refractivity (Wildman–Crippen MR) is 65.7 cm³/mol.